The van der Waals surface area contributed by atoms with Crippen LogP contribution in [0.4, 0.5) is 0 Å². The minimum absolute atomic E-state index is 0.0168. The van der Waals surface area contributed by atoms with Crippen molar-refractivity contribution in [3.05, 3.63) is 23.9 Å². The second kappa shape index (κ2) is 4.03. The van der Waals surface area contributed by atoms with Gasteiger partial charge in [-0.2, -0.15) is 0 Å². The van der Waals surface area contributed by atoms with Crippen molar-refractivity contribution in [3.8, 4) is 0 Å². The molecule has 1 aromatic heterocycles. The van der Waals surface area contributed by atoms with Crippen molar-refractivity contribution < 1.29 is 13.6 Å². The van der Waals surface area contributed by atoms with Crippen molar-refractivity contribution >= 4 is 16.2 Å². The van der Waals surface area contributed by atoms with E-state index in [1.165, 1.54) is 18.5 Å². The number of primary sulfonamides is 1. The number of oxime groups is 1. The molecule has 1 heterocycles. The number of aromatic nitrogens is 1. The zero-order valence-corrected chi connectivity index (χ0v) is 10.9. The van der Waals surface area contributed by atoms with Gasteiger partial charge < -0.3 is 5.21 Å². The molecule has 2 atom stereocenters. The second-order valence-electron chi connectivity index (χ2n) is 5.06. The van der Waals surface area contributed by atoms with Crippen LogP contribution in [0.15, 0.2) is 28.5 Å². The van der Waals surface area contributed by atoms with Gasteiger partial charge in [-0.15, -0.1) is 5.16 Å². The summed E-state index contributed by atoms with van der Waals surface area (Å²) >= 11 is 0. The lowest BCUT2D eigenvalue weighted by molar-refractivity contribution is 0.319. The van der Waals surface area contributed by atoms with E-state index in [4.69, 9.17) is 10.3 Å². The maximum absolute atomic E-state index is 11.1. The molecule has 0 bridgehead atoms. The summed E-state index contributed by atoms with van der Waals surface area (Å²) in [4.78, 5) is 3.85. The van der Waals surface area contributed by atoms with Gasteiger partial charge >= 0.3 is 0 Å². The van der Waals surface area contributed by atoms with Crippen molar-refractivity contribution in [2.24, 2.45) is 21.6 Å². The van der Waals surface area contributed by atoms with Crippen molar-refractivity contribution in [1.82, 2.24) is 4.98 Å². The molecule has 0 saturated heterocycles. The van der Waals surface area contributed by atoms with Gasteiger partial charge in [0.05, 0.1) is 0 Å². The lowest BCUT2D eigenvalue weighted by Crippen LogP contribution is -2.13. The molecule has 0 aliphatic heterocycles. The third-order valence-electron chi connectivity index (χ3n) is 3.55. The predicted molar refractivity (Wildman–Crippen MR) is 65.9 cm³/mol. The zero-order valence-electron chi connectivity index (χ0n) is 10.1. The van der Waals surface area contributed by atoms with Crippen LogP contribution < -0.4 is 5.14 Å². The summed E-state index contributed by atoms with van der Waals surface area (Å²) in [5.41, 5.74) is 0.897. The Morgan fingerprint density at radius 1 is 1.50 bits per heavy atom. The van der Waals surface area contributed by atoms with Crippen LogP contribution in [0.3, 0.4) is 0 Å². The van der Waals surface area contributed by atoms with Gasteiger partial charge in [-0.1, -0.05) is 19.9 Å². The molecule has 1 saturated carbocycles. The first kappa shape index (κ1) is 13.0. The fraction of sp³-hybridized carbons (Fsp3) is 0.455. The molecule has 0 spiro atoms. The molecule has 1 fully saturated rings. The predicted octanol–water partition coefficient (Wildman–Crippen LogP) is 0.929. The quantitative estimate of drug-likeness (QED) is 0.483. The summed E-state index contributed by atoms with van der Waals surface area (Å²) in [7, 11) is -3.75. The normalized spacial score (nSPS) is 26.4. The molecule has 1 aliphatic rings. The fourth-order valence-electron chi connectivity index (χ4n) is 2.41. The fourth-order valence-corrected chi connectivity index (χ4v) is 2.87. The second-order valence-corrected chi connectivity index (χ2v) is 6.57. The maximum atomic E-state index is 11.1. The summed E-state index contributed by atoms with van der Waals surface area (Å²) < 4.78 is 22.2. The van der Waals surface area contributed by atoms with E-state index in [9.17, 15) is 8.42 Å². The highest BCUT2D eigenvalue weighted by Gasteiger charge is 2.57. The van der Waals surface area contributed by atoms with Gasteiger partial charge in [0.2, 0.25) is 0 Å². The van der Waals surface area contributed by atoms with Crippen LogP contribution in [0.5, 0.6) is 0 Å². The Morgan fingerprint density at radius 2 is 2.17 bits per heavy atom. The van der Waals surface area contributed by atoms with E-state index in [0.29, 0.717) is 0 Å². The Balaban J connectivity index is 2.27. The molecule has 2 rings (SSSR count). The minimum Gasteiger partial charge on any atom is -0.411 e. The number of nitrogens with zero attached hydrogens (tertiary/aromatic N) is 2. The van der Waals surface area contributed by atoms with E-state index < -0.39 is 10.0 Å². The molecule has 98 valence electrons. The highest BCUT2D eigenvalue weighted by atomic mass is 32.2. The number of sulfonamides is 1. The largest absolute Gasteiger partial charge is 0.411 e. The van der Waals surface area contributed by atoms with Crippen molar-refractivity contribution in [2.75, 3.05) is 0 Å². The van der Waals surface area contributed by atoms with Crippen LogP contribution in [-0.4, -0.2) is 24.8 Å². The summed E-state index contributed by atoms with van der Waals surface area (Å²) in [6.07, 6.45) is 3.01. The Bertz CT molecular complexity index is 578. The Morgan fingerprint density at radius 3 is 2.61 bits per heavy atom. The molecule has 1 aromatic rings. The highest BCUT2D eigenvalue weighted by molar-refractivity contribution is 7.89. The third kappa shape index (κ3) is 2.11. The van der Waals surface area contributed by atoms with E-state index >= 15 is 0 Å². The van der Waals surface area contributed by atoms with Crippen LogP contribution in [-0.2, 0) is 10.0 Å². The smallest absolute Gasteiger partial charge is 0.255 e. The van der Waals surface area contributed by atoms with E-state index in [1.54, 1.807) is 6.07 Å². The molecule has 0 aromatic carbocycles. The molecule has 3 N–H and O–H groups in total. The van der Waals surface area contributed by atoms with Crippen LogP contribution in [0, 0.1) is 11.3 Å². The first-order valence-corrected chi connectivity index (χ1v) is 6.99. The molecule has 0 radical (unpaired) electrons. The molecular formula is C11H15N3O3S. The lowest BCUT2D eigenvalue weighted by atomic mass is 10.1. The number of hydrogen-bond donors (Lipinski definition) is 2. The maximum Gasteiger partial charge on any atom is 0.255 e. The van der Waals surface area contributed by atoms with E-state index in [-0.39, 0.29) is 22.3 Å². The topological polar surface area (TPSA) is 106 Å². The van der Waals surface area contributed by atoms with Crippen LogP contribution in [0.1, 0.15) is 25.3 Å². The van der Waals surface area contributed by atoms with Gasteiger partial charge in [0.25, 0.3) is 10.0 Å². The van der Waals surface area contributed by atoms with Gasteiger partial charge in [0, 0.05) is 18.3 Å². The minimum atomic E-state index is -3.75. The van der Waals surface area contributed by atoms with Crippen LogP contribution in [0.2, 0.25) is 0 Å². The van der Waals surface area contributed by atoms with E-state index in [1.807, 2.05) is 0 Å². The molecule has 18 heavy (non-hydrogen) atoms. The average molecular weight is 269 g/mol. The van der Waals surface area contributed by atoms with Gasteiger partial charge in [0.15, 0.2) is 5.03 Å². The van der Waals surface area contributed by atoms with Crippen LogP contribution in [0.25, 0.3) is 0 Å². The first-order valence-electron chi connectivity index (χ1n) is 5.45. The molecule has 2 unspecified atom stereocenters. The van der Waals surface area contributed by atoms with Gasteiger partial charge in [-0.05, 0) is 23.0 Å². The Labute approximate surface area is 106 Å². The van der Waals surface area contributed by atoms with Crippen molar-refractivity contribution in [3.63, 3.8) is 0 Å². The number of hydrogen-bond acceptors (Lipinski definition) is 5. The molecule has 0 amide bonds. The summed E-state index contributed by atoms with van der Waals surface area (Å²) in [5.74, 6) is 0.306. The molecule has 6 nitrogen and oxygen atoms in total. The van der Waals surface area contributed by atoms with Gasteiger partial charge in [0.1, 0.15) is 0 Å². The molecular weight excluding hydrogens is 254 g/mol. The van der Waals surface area contributed by atoms with E-state index in [0.717, 1.165) is 5.56 Å². The SMILES string of the molecule is CC1(C)C(/C=N\O)C1c1ccc(S(N)(=O)=O)nc1. The molecule has 7 heteroatoms. The molecule has 1 aliphatic carbocycles. The number of rotatable bonds is 3. The first-order chi connectivity index (χ1) is 8.28. The third-order valence-corrected chi connectivity index (χ3v) is 4.37. The summed E-state index contributed by atoms with van der Waals surface area (Å²) in [6, 6.07) is 3.09. The van der Waals surface area contributed by atoms with Crippen molar-refractivity contribution in [1.29, 1.82) is 0 Å². The standard InChI is InChI=1S/C11H15N3O3S/c1-11(2)8(6-14-15)10(11)7-3-4-9(13-5-7)18(12,16)17/h3-6,8,10,15H,1-2H3,(H2,12,16,17)/b14-6-. The van der Waals surface area contributed by atoms with Crippen LogP contribution >= 0.6 is 0 Å². The Hall–Kier alpha value is -1.47. The zero-order chi connectivity index (χ0) is 13.6. The average Bonchev–Trinajstić information content (AvgIpc) is 2.80. The Kier molecular flexibility index (Phi) is 2.90. The monoisotopic (exact) mass is 269 g/mol. The van der Waals surface area contributed by atoms with Gasteiger partial charge in [-0.3, -0.25) is 0 Å². The lowest BCUT2D eigenvalue weighted by Gasteiger charge is -2.03. The van der Waals surface area contributed by atoms with E-state index in [2.05, 4.69) is 24.0 Å². The summed E-state index contributed by atoms with van der Waals surface area (Å²) in [6.45, 7) is 4.11. The number of nitrogens with two attached hydrogens (primary N) is 1. The number of pyridine rings is 1. The highest BCUT2D eigenvalue weighted by Crippen LogP contribution is 2.63. The van der Waals surface area contributed by atoms with Crippen molar-refractivity contribution in [2.45, 2.75) is 24.8 Å². The summed E-state index contributed by atoms with van der Waals surface area (Å²) in [5, 5.41) is 16.5. The van der Waals surface area contributed by atoms with Gasteiger partial charge in [-0.25, -0.2) is 18.5 Å².